The molecule has 0 fully saturated rings. The van der Waals surface area contributed by atoms with Gasteiger partial charge in [0.15, 0.2) is 0 Å². The smallest absolute Gasteiger partial charge is 0.252 e. The van der Waals surface area contributed by atoms with E-state index < -0.39 is 0 Å². The van der Waals surface area contributed by atoms with Crippen LogP contribution < -0.4 is 10.9 Å². The van der Waals surface area contributed by atoms with Crippen molar-refractivity contribution in [1.82, 2.24) is 9.97 Å². The molecule has 1 unspecified atom stereocenters. The summed E-state index contributed by atoms with van der Waals surface area (Å²) in [6.07, 6.45) is 1.31. The molecule has 12 heavy (non-hydrogen) atoms. The molecular weight excluding hydrogens is 158 g/mol. The molecule has 0 aliphatic heterocycles. The lowest BCUT2D eigenvalue weighted by atomic mass is 10.3. The highest BCUT2D eigenvalue weighted by Gasteiger charge is 1.99. The molecule has 1 aromatic rings. The summed E-state index contributed by atoms with van der Waals surface area (Å²) in [6, 6.07) is 1.24. The third-order valence-electron chi connectivity index (χ3n) is 1.35. The van der Waals surface area contributed by atoms with Crippen LogP contribution in [0.5, 0.6) is 0 Å². The minimum absolute atomic E-state index is 0.00841. The van der Waals surface area contributed by atoms with Gasteiger partial charge in [-0.25, -0.2) is 4.98 Å². The molecule has 5 nitrogen and oxygen atoms in total. The first-order valence-corrected chi connectivity index (χ1v) is 3.64. The summed E-state index contributed by atoms with van der Waals surface area (Å²) >= 11 is 0. The molecule has 1 atom stereocenters. The number of anilines is 1. The van der Waals surface area contributed by atoms with Crippen molar-refractivity contribution in [3.8, 4) is 0 Å². The van der Waals surface area contributed by atoms with Crippen LogP contribution in [0.4, 0.5) is 5.82 Å². The third-order valence-corrected chi connectivity index (χ3v) is 1.35. The normalized spacial score (nSPS) is 12.5. The van der Waals surface area contributed by atoms with Crippen molar-refractivity contribution < 1.29 is 5.11 Å². The van der Waals surface area contributed by atoms with Gasteiger partial charge in [0, 0.05) is 12.1 Å². The first kappa shape index (κ1) is 8.73. The molecule has 0 aliphatic carbocycles. The van der Waals surface area contributed by atoms with Crippen molar-refractivity contribution in [2.75, 3.05) is 11.9 Å². The molecule has 1 heterocycles. The van der Waals surface area contributed by atoms with Crippen LogP contribution in [0.2, 0.25) is 0 Å². The van der Waals surface area contributed by atoms with Gasteiger partial charge in [0.2, 0.25) is 0 Å². The van der Waals surface area contributed by atoms with Gasteiger partial charge in [-0.05, 0) is 6.92 Å². The molecule has 0 saturated carbocycles. The van der Waals surface area contributed by atoms with E-state index in [0.29, 0.717) is 5.82 Å². The molecule has 1 aromatic heterocycles. The summed E-state index contributed by atoms with van der Waals surface area (Å²) in [5.74, 6) is 0.473. The van der Waals surface area contributed by atoms with Crippen molar-refractivity contribution in [2.45, 2.75) is 13.0 Å². The van der Waals surface area contributed by atoms with Crippen LogP contribution in [-0.2, 0) is 0 Å². The van der Waals surface area contributed by atoms with Crippen LogP contribution in [0.25, 0.3) is 0 Å². The quantitative estimate of drug-likeness (QED) is 0.573. The Kier molecular flexibility index (Phi) is 2.82. The molecular formula is C7H11N3O2. The van der Waals surface area contributed by atoms with Gasteiger partial charge in [0.25, 0.3) is 5.56 Å². The highest BCUT2D eigenvalue weighted by atomic mass is 16.3. The molecule has 0 saturated heterocycles. The van der Waals surface area contributed by atoms with Gasteiger partial charge in [-0.2, -0.15) is 0 Å². The summed E-state index contributed by atoms with van der Waals surface area (Å²) in [6.45, 7) is 1.80. The second-order valence-electron chi connectivity index (χ2n) is 2.52. The van der Waals surface area contributed by atoms with Gasteiger partial charge in [0.1, 0.15) is 5.82 Å². The summed E-state index contributed by atoms with van der Waals surface area (Å²) in [5, 5.41) is 11.5. The van der Waals surface area contributed by atoms with Gasteiger partial charge in [-0.1, -0.05) is 0 Å². The Hall–Kier alpha value is -1.36. The largest absolute Gasteiger partial charge is 0.394 e. The van der Waals surface area contributed by atoms with E-state index in [1.165, 1.54) is 12.4 Å². The Labute approximate surface area is 69.5 Å². The lowest BCUT2D eigenvalue weighted by molar-refractivity contribution is 0.281. The predicted octanol–water partition coefficient (Wildman–Crippen LogP) is -0.437. The lowest BCUT2D eigenvalue weighted by Crippen LogP contribution is -2.21. The molecule has 0 amide bonds. The summed E-state index contributed by atoms with van der Waals surface area (Å²) in [5.41, 5.74) is -0.211. The molecule has 0 aliphatic rings. The molecule has 0 radical (unpaired) electrons. The van der Waals surface area contributed by atoms with Crippen LogP contribution in [0.15, 0.2) is 17.2 Å². The topological polar surface area (TPSA) is 78.0 Å². The maximum Gasteiger partial charge on any atom is 0.252 e. The minimum atomic E-state index is -0.211. The number of aliphatic hydroxyl groups is 1. The van der Waals surface area contributed by atoms with E-state index in [1.807, 2.05) is 0 Å². The average molecular weight is 169 g/mol. The fourth-order valence-electron chi connectivity index (χ4n) is 0.746. The van der Waals surface area contributed by atoms with E-state index >= 15 is 0 Å². The minimum Gasteiger partial charge on any atom is -0.394 e. The monoisotopic (exact) mass is 169 g/mol. The zero-order valence-electron chi connectivity index (χ0n) is 6.74. The van der Waals surface area contributed by atoms with Gasteiger partial charge >= 0.3 is 0 Å². The molecule has 0 bridgehead atoms. The highest BCUT2D eigenvalue weighted by molar-refractivity contribution is 5.32. The number of rotatable bonds is 3. The Morgan fingerprint density at radius 3 is 3.17 bits per heavy atom. The number of nitrogens with one attached hydrogen (secondary N) is 2. The Balaban J connectivity index is 2.69. The van der Waals surface area contributed by atoms with Gasteiger partial charge in [0.05, 0.1) is 12.9 Å². The number of hydrogen-bond acceptors (Lipinski definition) is 4. The highest BCUT2D eigenvalue weighted by Crippen LogP contribution is 1.97. The maximum atomic E-state index is 10.8. The molecule has 1 rings (SSSR count). The SMILES string of the molecule is CC(CO)Nc1cc(=O)[nH]cn1. The number of nitrogens with zero attached hydrogens (tertiary/aromatic N) is 1. The average Bonchev–Trinajstić information content (AvgIpc) is 2.04. The van der Waals surface area contributed by atoms with Crippen molar-refractivity contribution in [2.24, 2.45) is 0 Å². The van der Waals surface area contributed by atoms with Crippen molar-refractivity contribution in [3.05, 3.63) is 22.7 Å². The van der Waals surface area contributed by atoms with Gasteiger partial charge in [-0.3, -0.25) is 4.79 Å². The van der Waals surface area contributed by atoms with E-state index in [9.17, 15) is 4.79 Å². The number of aromatic nitrogens is 2. The Morgan fingerprint density at radius 2 is 2.58 bits per heavy atom. The van der Waals surface area contributed by atoms with E-state index in [2.05, 4.69) is 15.3 Å². The Morgan fingerprint density at radius 1 is 1.83 bits per heavy atom. The fourth-order valence-corrected chi connectivity index (χ4v) is 0.746. The van der Waals surface area contributed by atoms with E-state index in [-0.39, 0.29) is 18.2 Å². The standard InChI is InChI=1S/C7H11N3O2/c1-5(3-11)10-6-2-7(12)9-4-8-6/h2,4-5,11H,3H2,1H3,(H2,8,9,10,12). The zero-order valence-corrected chi connectivity index (χ0v) is 6.74. The molecule has 3 N–H and O–H groups in total. The lowest BCUT2D eigenvalue weighted by Gasteiger charge is -2.09. The third kappa shape index (κ3) is 2.35. The van der Waals surface area contributed by atoms with E-state index in [1.54, 1.807) is 6.92 Å². The van der Waals surface area contributed by atoms with Crippen molar-refractivity contribution in [1.29, 1.82) is 0 Å². The first-order chi connectivity index (χ1) is 5.72. The number of aromatic amines is 1. The van der Waals surface area contributed by atoms with Crippen molar-refractivity contribution in [3.63, 3.8) is 0 Å². The summed E-state index contributed by atoms with van der Waals surface area (Å²) < 4.78 is 0. The Bertz CT molecular complexity index is 297. The predicted molar refractivity (Wildman–Crippen MR) is 45.0 cm³/mol. The number of H-pyrrole nitrogens is 1. The fraction of sp³-hybridized carbons (Fsp3) is 0.429. The van der Waals surface area contributed by atoms with E-state index in [4.69, 9.17) is 5.11 Å². The molecule has 5 heteroatoms. The van der Waals surface area contributed by atoms with Gasteiger partial charge in [-0.15, -0.1) is 0 Å². The molecule has 0 aromatic carbocycles. The second-order valence-corrected chi connectivity index (χ2v) is 2.52. The summed E-state index contributed by atoms with van der Waals surface area (Å²) in [4.78, 5) is 17.0. The van der Waals surface area contributed by atoms with Crippen molar-refractivity contribution >= 4 is 5.82 Å². The van der Waals surface area contributed by atoms with Crippen LogP contribution in [0.1, 0.15) is 6.92 Å². The second kappa shape index (κ2) is 3.87. The molecule has 0 spiro atoms. The first-order valence-electron chi connectivity index (χ1n) is 3.64. The van der Waals surface area contributed by atoms with Crippen LogP contribution >= 0.6 is 0 Å². The van der Waals surface area contributed by atoms with Crippen LogP contribution in [0.3, 0.4) is 0 Å². The van der Waals surface area contributed by atoms with Crippen LogP contribution in [0, 0.1) is 0 Å². The zero-order chi connectivity index (χ0) is 8.97. The number of hydrogen-bond donors (Lipinski definition) is 3. The van der Waals surface area contributed by atoms with E-state index in [0.717, 1.165) is 0 Å². The van der Waals surface area contributed by atoms with Crippen LogP contribution in [-0.4, -0.2) is 27.7 Å². The number of aliphatic hydroxyl groups excluding tert-OH is 1. The van der Waals surface area contributed by atoms with Gasteiger partial charge < -0.3 is 15.4 Å². The molecule has 66 valence electrons. The maximum absolute atomic E-state index is 10.8. The summed E-state index contributed by atoms with van der Waals surface area (Å²) in [7, 11) is 0.